The number of carboxylic acid groups (broad SMARTS) is 1. The second-order valence-corrected chi connectivity index (χ2v) is 13.9. The van der Waals surface area contributed by atoms with Gasteiger partial charge in [0.1, 0.15) is 0 Å². The number of carbonyl (C=O) groups excluding carboxylic acids is 3. The summed E-state index contributed by atoms with van der Waals surface area (Å²) in [4.78, 5) is 41.8. The largest absolute Gasteiger partial charge is 0.478 e. The summed E-state index contributed by atoms with van der Waals surface area (Å²) >= 11 is 0. The van der Waals surface area contributed by atoms with Crippen LogP contribution in [0.15, 0.2) is 86.0 Å². The van der Waals surface area contributed by atoms with Crippen LogP contribution < -0.4 is 0 Å². The van der Waals surface area contributed by atoms with Crippen molar-refractivity contribution in [1.29, 1.82) is 0 Å². The average molecular weight is 799 g/mol. The highest BCUT2D eigenvalue weighted by Crippen LogP contribution is 2.14. The molecule has 0 bridgehead atoms. The Morgan fingerprint density at radius 1 is 0.509 bits per heavy atom. The van der Waals surface area contributed by atoms with E-state index in [0.29, 0.717) is 31.0 Å². The van der Waals surface area contributed by atoms with Gasteiger partial charge in [-0.3, -0.25) is 0 Å². The van der Waals surface area contributed by atoms with E-state index in [9.17, 15) is 19.2 Å². The van der Waals surface area contributed by atoms with Crippen LogP contribution >= 0.6 is 0 Å². The van der Waals surface area contributed by atoms with Crippen molar-refractivity contribution in [2.24, 2.45) is 0 Å². The number of carboxylic acids is 1. The summed E-state index contributed by atoms with van der Waals surface area (Å²) in [7, 11) is 0. The predicted molar refractivity (Wildman–Crippen MR) is 241 cm³/mol. The Bertz CT molecular complexity index is 1170. The molecule has 326 valence electrons. The van der Waals surface area contributed by atoms with Crippen molar-refractivity contribution in [3.05, 3.63) is 91.6 Å². The van der Waals surface area contributed by atoms with Gasteiger partial charge in [0.05, 0.1) is 19.8 Å². The first-order chi connectivity index (χ1) is 27.2. The summed E-state index contributed by atoms with van der Waals surface area (Å²) in [6.45, 7) is 29.8. The highest BCUT2D eigenvalue weighted by atomic mass is 16.5. The van der Waals surface area contributed by atoms with Gasteiger partial charge in [-0.25, -0.2) is 19.2 Å². The quantitative estimate of drug-likeness (QED) is 0.0385. The first-order valence-electron chi connectivity index (χ1n) is 21.3. The van der Waals surface area contributed by atoms with Crippen LogP contribution in [0.4, 0.5) is 0 Å². The molecule has 0 atom stereocenters. The van der Waals surface area contributed by atoms with Gasteiger partial charge in [0.2, 0.25) is 0 Å². The maximum absolute atomic E-state index is 11.2. The third kappa shape index (κ3) is 53.9. The van der Waals surface area contributed by atoms with E-state index in [2.05, 4.69) is 51.5 Å². The third-order valence-corrected chi connectivity index (χ3v) is 7.97. The Morgan fingerprint density at radius 2 is 0.825 bits per heavy atom. The van der Waals surface area contributed by atoms with Gasteiger partial charge in [0.15, 0.2) is 0 Å². The minimum atomic E-state index is -0.935. The lowest BCUT2D eigenvalue weighted by Crippen LogP contribution is -2.05. The molecule has 0 radical (unpaired) electrons. The number of hydrogen-bond donors (Lipinski definition) is 1. The first kappa shape index (κ1) is 59.5. The van der Waals surface area contributed by atoms with E-state index in [1.807, 2.05) is 43.3 Å². The van der Waals surface area contributed by atoms with Crippen molar-refractivity contribution in [2.75, 3.05) is 19.8 Å². The highest BCUT2D eigenvalue weighted by Gasteiger charge is 2.02. The number of benzene rings is 1. The van der Waals surface area contributed by atoms with Gasteiger partial charge in [0.25, 0.3) is 0 Å². The summed E-state index contributed by atoms with van der Waals surface area (Å²) in [5.41, 5.74) is 2.31. The maximum Gasteiger partial charge on any atom is 0.333 e. The molecule has 0 saturated heterocycles. The van der Waals surface area contributed by atoms with Gasteiger partial charge < -0.3 is 19.3 Å². The van der Waals surface area contributed by atoms with E-state index in [4.69, 9.17) is 14.6 Å². The number of ether oxygens (including phenoxy) is 3. The Hall–Kier alpha value is -4.20. The van der Waals surface area contributed by atoms with Crippen molar-refractivity contribution < 1.29 is 38.5 Å². The van der Waals surface area contributed by atoms with E-state index in [0.717, 1.165) is 32.1 Å². The molecule has 0 heterocycles. The lowest BCUT2D eigenvalue weighted by Gasteiger charge is -2.05. The third-order valence-electron chi connectivity index (χ3n) is 7.97. The van der Waals surface area contributed by atoms with Crippen LogP contribution in [0.2, 0.25) is 0 Å². The summed E-state index contributed by atoms with van der Waals surface area (Å²) in [6.07, 6.45) is 28.7. The molecule has 8 nitrogen and oxygen atoms in total. The van der Waals surface area contributed by atoms with Crippen LogP contribution in [0.3, 0.4) is 0 Å². The highest BCUT2D eigenvalue weighted by molar-refractivity contribution is 5.87. The van der Waals surface area contributed by atoms with E-state index >= 15 is 0 Å². The Balaban J connectivity index is -0.000000349. The number of carbonyl (C=O) groups is 4. The molecule has 57 heavy (non-hydrogen) atoms. The second-order valence-electron chi connectivity index (χ2n) is 13.9. The fourth-order valence-electron chi connectivity index (χ4n) is 4.34. The van der Waals surface area contributed by atoms with Gasteiger partial charge in [0, 0.05) is 22.8 Å². The normalized spacial score (nSPS) is 9.44. The average Bonchev–Trinajstić information content (AvgIpc) is 3.20. The van der Waals surface area contributed by atoms with Crippen molar-refractivity contribution in [3.63, 3.8) is 0 Å². The van der Waals surface area contributed by atoms with Gasteiger partial charge in [-0.1, -0.05) is 199 Å². The monoisotopic (exact) mass is 799 g/mol. The molecule has 0 amide bonds. The molecule has 0 unspecified atom stereocenters. The Kier molecular flexibility index (Phi) is 50.0. The minimum absolute atomic E-state index is 0.176. The van der Waals surface area contributed by atoms with Crippen LogP contribution in [0.5, 0.6) is 0 Å². The summed E-state index contributed by atoms with van der Waals surface area (Å²) in [5, 5.41) is 7.89. The fourth-order valence-corrected chi connectivity index (χ4v) is 4.34. The summed E-state index contributed by atoms with van der Waals surface area (Å²) in [5.74, 6) is -1.80. The molecule has 0 saturated carbocycles. The van der Waals surface area contributed by atoms with E-state index in [1.165, 1.54) is 115 Å². The predicted octanol–water partition coefficient (Wildman–Crippen LogP) is 13.8. The lowest BCUT2D eigenvalue weighted by molar-refractivity contribution is -0.139. The fraction of sp³-hybridized carbons (Fsp3) is 0.592. The molecule has 0 aliphatic carbocycles. The molecule has 1 N–H and O–H groups in total. The van der Waals surface area contributed by atoms with Gasteiger partial charge >= 0.3 is 23.9 Å². The summed E-state index contributed by atoms with van der Waals surface area (Å²) in [6, 6.07) is 10.0. The zero-order valence-electron chi connectivity index (χ0n) is 37.1. The molecule has 0 aliphatic rings. The van der Waals surface area contributed by atoms with Crippen molar-refractivity contribution in [2.45, 2.75) is 170 Å². The smallest absolute Gasteiger partial charge is 0.333 e. The number of esters is 3. The molecule has 0 aromatic heterocycles. The van der Waals surface area contributed by atoms with Crippen molar-refractivity contribution >= 4 is 30.0 Å². The molecule has 0 aliphatic heterocycles. The zero-order valence-corrected chi connectivity index (χ0v) is 37.1. The van der Waals surface area contributed by atoms with Crippen LogP contribution in [-0.4, -0.2) is 48.8 Å². The molecular weight excluding hydrogens is 717 g/mol. The standard InChI is InChI=1S/C22H42O2.C8H14O2.C8H8.C7H12O2.C4H6O2/c1-4-5-6-7-8-9-10-11-12-13-14-15-16-17-18-19-20-24-22(23)21(2)3;1-4-5-6-10-8(9)7(2)3;1-2-8-6-4-3-5-7-8;1-3-5-6-9-7(8)4-2;1-3(2)4(5)6/h2,4-20H2,1,3H3;2,4-6H2,1,3H3;2-7H,1H2;4H,2-3,5-6H2,1H3;1H2,2H3,(H,5,6). The molecule has 1 aromatic carbocycles. The molecule has 0 fully saturated rings. The topological polar surface area (TPSA) is 116 Å². The number of hydrogen-bond acceptors (Lipinski definition) is 7. The van der Waals surface area contributed by atoms with Crippen molar-refractivity contribution in [3.8, 4) is 0 Å². The molecular formula is C49H82O8. The van der Waals surface area contributed by atoms with Crippen LogP contribution in [0.25, 0.3) is 6.08 Å². The second kappa shape index (κ2) is 48.0. The van der Waals surface area contributed by atoms with E-state index in [-0.39, 0.29) is 23.5 Å². The van der Waals surface area contributed by atoms with E-state index < -0.39 is 5.97 Å². The van der Waals surface area contributed by atoms with Crippen LogP contribution in [0.1, 0.15) is 176 Å². The van der Waals surface area contributed by atoms with Crippen molar-refractivity contribution in [1.82, 2.24) is 0 Å². The zero-order chi connectivity index (χ0) is 44.0. The first-order valence-corrected chi connectivity index (χ1v) is 21.3. The summed E-state index contributed by atoms with van der Waals surface area (Å²) < 4.78 is 14.6. The minimum Gasteiger partial charge on any atom is -0.478 e. The number of rotatable bonds is 28. The van der Waals surface area contributed by atoms with Gasteiger partial charge in [-0.2, -0.15) is 0 Å². The van der Waals surface area contributed by atoms with Crippen LogP contribution in [0, 0.1) is 0 Å². The van der Waals surface area contributed by atoms with Crippen LogP contribution in [-0.2, 0) is 33.4 Å². The Morgan fingerprint density at radius 3 is 1.11 bits per heavy atom. The van der Waals surface area contributed by atoms with Gasteiger partial charge in [-0.05, 0) is 45.6 Å². The molecule has 1 rings (SSSR count). The molecule has 1 aromatic rings. The molecule has 8 heteroatoms. The lowest BCUT2D eigenvalue weighted by atomic mass is 10.0. The SMILES string of the molecule is C=C(C)C(=O)O.C=C(C)C(=O)OCCCC.C=C(C)C(=O)OCCCCCCCCCCCCCCCCCC.C=CC(=O)OCCCC.C=Cc1ccccc1. The van der Waals surface area contributed by atoms with E-state index in [1.54, 1.807) is 13.8 Å². The maximum atomic E-state index is 11.2. The molecule has 0 spiro atoms. The number of aliphatic carboxylic acids is 1. The van der Waals surface area contributed by atoms with Gasteiger partial charge in [-0.15, -0.1) is 0 Å². The Labute approximate surface area is 348 Å². The number of unbranched alkanes of at least 4 members (excludes halogenated alkanes) is 17.